The molecule has 1 aromatic heterocycles. The number of aromatic nitrogens is 1. The first-order valence-electron chi connectivity index (χ1n) is 9.10. The van der Waals surface area contributed by atoms with Crippen molar-refractivity contribution in [1.29, 1.82) is 0 Å². The van der Waals surface area contributed by atoms with Gasteiger partial charge in [0.2, 0.25) is 0 Å². The minimum Gasteiger partial charge on any atom is -0.456 e. The first kappa shape index (κ1) is 19.0. The normalized spacial score (nSPS) is 20.9. The fourth-order valence-corrected chi connectivity index (χ4v) is 3.95. The summed E-state index contributed by atoms with van der Waals surface area (Å²) in [6.07, 6.45) is 1.42. The Hall–Kier alpha value is -1.76. The number of ether oxygens (including phenoxy) is 2. The van der Waals surface area contributed by atoms with Gasteiger partial charge in [0.05, 0.1) is 28.5 Å². The Morgan fingerprint density at radius 2 is 1.96 bits per heavy atom. The smallest absolute Gasteiger partial charge is 0.338 e. The number of esters is 1. The number of hydrogen-bond acceptors (Lipinski definition) is 6. The molecule has 3 rings (SSSR count). The molecule has 0 amide bonds. The van der Waals surface area contributed by atoms with Crippen LogP contribution in [0.15, 0.2) is 29.6 Å². The molecule has 0 saturated carbocycles. The van der Waals surface area contributed by atoms with Gasteiger partial charge in [-0.3, -0.25) is 4.90 Å². The number of morpholine rings is 1. The lowest BCUT2D eigenvalue weighted by Crippen LogP contribution is -2.44. The molecule has 1 aliphatic rings. The van der Waals surface area contributed by atoms with Gasteiger partial charge in [-0.2, -0.15) is 0 Å². The molecule has 0 spiro atoms. The second kappa shape index (κ2) is 8.75. The van der Waals surface area contributed by atoms with Crippen LogP contribution in [0.25, 0.3) is 0 Å². The standard InChI is InChI=1S/C20H26N2O3S/c1-4-19-21-18(13-26-19)12-24-20(23)17-7-5-16(6-8-17)11-22-9-14(2)25-15(3)10-22/h5-8,13-15H,4,9-12H2,1-3H3. The van der Waals surface area contributed by atoms with E-state index in [4.69, 9.17) is 9.47 Å². The minimum atomic E-state index is -0.309. The number of carbonyl (C=O) groups is 1. The molecule has 6 heteroatoms. The Kier molecular flexibility index (Phi) is 6.40. The van der Waals surface area contributed by atoms with Gasteiger partial charge in [-0.1, -0.05) is 19.1 Å². The monoisotopic (exact) mass is 374 g/mol. The third-order valence-corrected chi connectivity index (χ3v) is 5.39. The van der Waals surface area contributed by atoms with Gasteiger partial charge in [0.15, 0.2) is 0 Å². The van der Waals surface area contributed by atoms with Gasteiger partial charge in [0.1, 0.15) is 6.61 Å². The number of rotatable bonds is 6. The molecule has 2 atom stereocenters. The van der Waals surface area contributed by atoms with E-state index in [0.717, 1.165) is 36.8 Å². The summed E-state index contributed by atoms with van der Waals surface area (Å²) in [6.45, 7) is 9.23. The van der Waals surface area contributed by atoms with E-state index in [0.29, 0.717) is 5.56 Å². The van der Waals surface area contributed by atoms with Crippen LogP contribution in [0.2, 0.25) is 0 Å². The summed E-state index contributed by atoms with van der Waals surface area (Å²) in [6, 6.07) is 7.67. The molecule has 0 bridgehead atoms. The molecule has 1 aliphatic heterocycles. The Morgan fingerprint density at radius 1 is 1.27 bits per heavy atom. The molecule has 1 aromatic carbocycles. The SMILES string of the molecule is CCc1nc(COC(=O)c2ccc(CN3CC(C)OC(C)C3)cc2)cs1. The van der Waals surface area contributed by atoms with Gasteiger partial charge in [-0.15, -0.1) is 11.3 Å². The van der Waals surface area contributed by atoms with Gasteiger partial charge in [-0.05, 0) is 38.0 Å². The van der Waals surface area contributed by atoms with E-state index in [9.17, 15) is 4.79 Å². The Bertz CT molecular complexity index is 719. The molecule has 0 N–H and O–H groups in total. The van der Waals surface area contributed by atoms with Crippen LogP contribution >= 0.6 is 11.3 Å². The molecule has 2 unspecified atom stereocenters. The first-order valence-corrected chi connectivity index (χ1v) is 9.98. The van der Waals surface area contributed by atoms with Crippen molar-refractivity contribution in [2.45, 2.75) is 52.6 Å². The van der Waals surface area contributed by atoms with Crippen LogP contribution in [0.1, 0.15) is 47.4 Å². The minimum absolute atomic E-state index is 0.223. The van der Waals surface area contributed by atoms with Crippen LogP contribution in [0.4, 0.5) is 0 Å². The maximum absolute atomic E-state index is 12.2. The van der Waals surface area contributed by atoms with E-state index in [2.05, 4.69) is 30.7 Å². The van der Waals surface area contributed by atoms with Crippen molar-refractivity contribution < 1.29 is 14.3 Å². The summed E-state index contributed by atoms with van der Waals surface area (Å²) in [5.74, 6) is -0.309. The molecule has 5 nitrogen and oxygen atoms in total. The third-order valence-electron chi connectivity index (χ3n) is 4.34. The molecule has 0 aliphatic carbocycles. The van der Waals surface area contributed by atoms with E-state index >= 15 is 0 Å². The van der Waals surface area contributed by atoms with Gasteiger partial charge >= 0.3 is 5.97 Å². The number of carbonyl (C=O) groups excluding carboxylic acids is 1. The van der Waals surface area contributed by atoms with Gasteiger partial charge < -0.3 is 9.47 Å². The number of thiazole rings is 1. The zero-order valence-electron chi connectivity index (χ0n) is 15.6. The predicted octanol–water partition coefficient (Wildman–Crippen LogP) is 3.67. The summed E-state index contributed by atoms with van der Waals surface area (Å²) in [5.41, 5.74) is 2.57. The molecule has 2 heterocycles. The van der Waals surface area contributed by atoms with E-state index in [1.54, 1.807) is 11.3 Å². The highest BCUT2D eigenvalue weighted by atomic mass is 32.1. The largest absolute Gasteiger partial charge is 0.456 e. The van der Waals surface area contributed by atoms with Crippen molar-refractivity contribution in [2.24, 2.45) is 0 Å². The molecule has 1 saturated heterocycles. The van der Waals surface area contributed by atoms with E-state index in [1.165, 1.54) is 5.56 Å². The van der Waals surface area contributed by atoms with Crippen molar-refractivity contribution in [3.05, 3.63) is 51.5 Å². The molecule has 140 valence electrons. The second-order valence-electron chi connectivity index (χ2n) is 6.81. The van der Waals surface area contributed by atoms with Crippen LogP contribution in [0, 0.1) is 0 Å². The number of benzene rings is 1. The fraction of sp³-hybridized carbons (Fsp3) is 0.500. The summed E-state index contributed by atoms with van der Waals surface area (Å²) in [7, 11) is 0. The highest BCUT2D eigenvalue weighted by Crippen LogP contribution is 2.16. The lowest BCUT2D eigenvalue weighted by molar-refractivity contribution is -0.0704. The number of aryl methyl sites for hydroxylation is 1. The third kappa shape index (κ3) is 5.13. The maximum Gasteiger partial charge on any atom is 0.338 e. The van der Waals surface area contributed by atoms with Gasteiger partial charge in [0, 0.05) is 25.0 Å². The number of hydrogen-bond donors (Lipinski definition) is 0. The molecule has 0 radical (unpaired) electrons. The fourth-order valence-electron chi connectivity index (χ4n) is 3.22. The molecule has 26 heavy (non-hydrogen) atoms. The van der Waals surface area contributed by atoms with Crippen molar-refractivity contribution in [3.63, 3.8) is 0 Å². The van der Waals surface area contributed by atoms with E-state index < -0.39 is 0 Å². The van der Waals surface area contributed by atoms with Crippen molar-refractivity contribution in [1.82, 2.24) is 9.88 Å². The summed E-state index contributed by atoms with van der Waals surface area (Å²) < 4.78 is 11.1. The molecule has 2 aromatic rings. The van der Waals surface area contributed by atoms with Crippen LogP contribution in [0.5, 0.6) is 0 Å². The zero-order valence-corrected chi connectivity index (χ0v) is 16.4. The highest BCUT2D eigenvalue weighted by Gasteiger charge is 2.22. The second-order valence-corrected chi connectivity index (χ2v) is 7.75. The zero-order chi connectivity index (χ0) is 18.5. The Morgan fingerprint density at radius 3 is 2.58 bits per heavy atom. The van der Waals surface area contributed by atoms with Gasteiger partial charge in [-0.25, -0.2) is 9.78 Å². The van der Waals surface area contributed by atoms with Crippen LogP contribution in [0.3, 0.4) is 0 Å². The van der Waals surface area contributed by atoms with Crippen LogP contribution < -0.4 is 0 Å². The average molecular weight is 375 g/mol. The maximum atomic E-state index is 12.2. The highest BCUT2D eigenvalue weighted by molar-refractivity contribution is 7.09. The molecular formula is C20H26N2O3S. The summed E-state index contributed by atoms with van der Waals surface area (Å²) in [5, 5.41) is 3.01. The van der Waals surface area contributed by atoms with Gasteiger partial charge in [0.25, 0.3) is 0 Å². The van der Waals surface area contributed by atoms with E-state index in [1.807, 2.05) is 29.6 Å². The van der Waals surface area contributed by atoms with E-state index in [-0.39, 0.29) is 24.8 Å². The van der Waals surface area contributed by atoms with Crippen molar-refractivity contribution in [2.75, 3.05) is 13.1 Å². The van der Waals surface area contributed by atoms with Crippen molar-refractivity contribution >= 4 is 17.3 Å². The topological polar surface area (TPSA) is 51.7 Å². The van der Waals surface area contributed by atoms with Crippen LogP contribution in [-0.4, -0.2) is 41.2 Å². The summed E-state index contributed by atoms with van der Waals surface area (Å²) >= 11 is 1.60. The Balaban J connectivity index is 1.52. The summed E-state index contributed by atoms with van der Waals surface area (Å²) in [4.78, 5) is 19.0. The molecular weight excluding hydrogens is 348 g/mol. The molecule has 1 fully saturated rings. The Labute approximate surface area is 159 Å². The quantitative estimate of drug-likeness (QED) is 0.722. The van der Waals surface area contributed by atoms with Crippen LogP contribution in [-0.2, 0) is 29.0 Å². The number of nitrogens with zero attached hydrogens (tertiary/aromatic N) is 2. The average Bonchev–Trinajstić information content (AvgIpc) is 3.07. The predicted molar refractivity (Wildman–Crippen MR) is 102 cm³/mol. The first-order chi connectivity index (χ1) is 12.5. The van der Waals surface area contributed by atoms with Crippen molar-refractivity contribution in [3.8, 4) is 0 Å². The lowest BCUT2D eigenvalue weighted by atomic mass is 10.1. The lowest BCUT2D eigenvalue weighted by Gasteiger charge is -2.35.